The van der Waals surface area contributed by atoms with Crippen LogP contribution in [-0.2, 0) is 27.3 Å². The minimum atomic E-state index is -1.18. The molecule has 12 nitrogen and oxygen atoms in total. The zero-order chi connectivity index (χ0) is 31.8. The lowest BCUT2D eigenvalue weighted by molar-refractivity contribution is -0.151. The number of phenols is 1. The van der Waals surface area contributed by atoms with Crippen molar-refractivity contribution in [3.05, 3.63) is 66.1 Å². The smallest absolute Gasteiger partial charge is 0.246 e. The van der Waals surface area contributed by atoms with Crippen molar-refractivity contribution in [3.63, 3.8) is 0 Å². The van der Waals surface area contributed by atoms with Crippen LogP contribution in [0.15, 0.2) is 49.1 Å². The van der Waals surface area contributed by atoms with Crippen LogP contribution in [0.4, 0.5) is 10.2 Å². The summed E-state index contributed by atoms with van der Waals surface area (Å²) in [6.07, 6.45) is 1.89. The summed E-state index contributed by atoms with van der Waals surface area (Å²) in [7, 11) is 2.11. The Balaban J connectivity index is 1.50. The number of pyridine rings is 1. The summed E-state index contributed by atoms with van der Waals surface area (Å²) in [5, 5.41) is 10.9. The van der Waals surface area contributed by atoms with Crippen LogP contribution in [0, 0.1) is 5.82 Å². The highest BCUT2D eigenvalue weighted by Gasteiger charge is 2.36. The molecule has 3 amide bonds. The van der Waals surface area contributed by atoms with Crippen molar-refractivity contribution >= 4 is 24.0 Å². The number of benzene rings is 1. The van der Waals surface area contributed by atoms with Crippen LogP contribution in [0.5, 0.6) is 5.75 Å². The van der Waals surface area contributed by atoms with E-state index in [0.717, 1.165) is 31.1 Å². The lowest BCUT2D eigenvalue weighted by atomic mass is 10.0. The Hall–Kier alpha value is -3.91. The maximum absolute atomic E-state index is 14.9. The summed E-state index contributed by atoms with van der Waals surface area (Å²) < 4.78 is 14.9. The largest absolute Gasteiger partial charge is 0.508 e. The molecule has 2 fully saturated rings. The number of piperazine rings is 1. The van der Waals surface area contributed by atoms with E-state index in [-0.39, 0.29) is 44.2 Å². The summed E-state index contributed by atoms with van der Waals surface area (Å²) in [6.45, 7) is 11.0. The van der Waals surface area contributed by atoms with Gasteiger partial charge >= 0.3 is 0 Å². The molecule has 3 N–H and O–H groups in total. The fourth-order valence-electron chi connectivity index (χ4n) is 5.53. The maximum Gasteiger partial charge on any atom is 0.246 e. The number of anilines is 1. The standard InChI is InChI=1S/C31H43FN8O4/c1-4-12-39(33)21-29(43)40(22-41)28(17-23-6-9-26(42)10-7-23)31(44)36(5-2)18-24-8-11-27(32)30(34-24)38-19-25(20-38)37-15-13-35(3)14-16-37/h4,6-11,22,25,28,42H,1,5,12-21,33H2,2-3H3/t28-/m0/s1. The molecule has 1 aromatic heterocycles. The normalized spacial score (nSPS) is 16.8. The number of aromatic hydroxyl groups is 1. The van der Waals surface area contributed by atoms with Gasteiger partial charge in [-0.3, -0.25) is 30.0 Å². The predicted octanol–water partition coefficient (Wildman–Crippen LogP) is 0.669. The van der Waals surface area contributed by atoms with Crippen molar-refractivity contribution in [2.45, 2.75) is 32.0 Å². The third-order valence-corrected chi connectivity index (χ3v) is 8.24. The van der Waals surface area contributed by atoms with Crippen LogP contribution in [-0.4, -0.2) is 131 Å². The van der Waals surface area contributed by atoms with Crippen LogP contribution in [0.2, 0.25) is 0 Å². The Morgan fingerprint density at radius 2 is 1.84 bits per heavy atom. The van der Waals surface area contributed by atoms with Crippen molar-refractivity contribution in [1.29, 1.82) is 0 Å². The topological polar surface area (TPSA) is 130 Å². The number of hydrogen-bond donors (Lipinski definition) is 2. The molecule has 2 aliphatic heterocycles. The van der Waals surface area contributed by atoms with Gasteiger partial charge in [0.25, 0.3) is 0 Å². The van der Waals surface area contributed by atoms with Crippen LogP contribution in [0.25, 0.3) is 0 Å². The lowest BCUT2D eigenvalue weighted by Crippen LogP contribution is -2.63. The number of nitrogens with two attached hydrogens (primary N) is 1. The van der Waals surface area contributed by atoms with E-state index in [2.05, 4.69) is 28.4 Å². The van der Waals surface area contributed by atoms with Gasteiger partial charge in [0.1, 0.15) is 11.8 Å². The van der Waals surface area contributed by atoms with E-state index in [9.17, 15) is 23.9 Å². The van der Waals surface area contributed by atoms with Gasteiger partial charge < -0.3 is 19.8 Å². The Labute approximate surface area is 258 Å². The molecule has 0 saturated carbocycles. The van der Waals surface area contributed by atoms with Crippen molar-refractivity contribution < 1.29 is 23.9 Å². The second-order valence-corrected chi connectivity index (χ2v) is 11.4. The average Bonchev–Trinajstić information content (AvgIpc) is 2.98. The molecule has 0 aliphatic carbocycles. The van der Waals surface area contributed by atoms with Gasteiger partial charge in [0, 0.05) is 64.8 Å². The highest BCUT2D eigenvalue weighted by molar-refractivity contribution is 5.95. The number of aromatic nitrogens is 1. The van der Waals surface area contributed by atoms with Gasteiger partial charge in [-0.2, -0.15) is 0 Å². The van der Waals surface area contributed by atoms with E-state index in [1.807, 2.05) is 4.90 Å². The molecule has 44 heavy (non-hydrogen) atoms. The van der Waals surface area contributed by atoms with Crippen LogP contribution in [0.1, 0.15) is 18.2 Å². The van der Waals surface area contributed by atoms with Crippen LogP contribution in [0.3, 0.4) is 0 Å². The number of likely N-dealkylation sites (N-methyl/N-ethyl adjacent to an activating group) is 2. The molecular weight excluding hydrogens is 567 g/mol. The average molecular weight is 611 g/mol. The first-order chi connectivity index (χ1) is 21.1. The summed E-state index contributed by atoms with van der Waals surface area (Å²) in [5.41, 5.74) is 1.13. The number of carbonyl (C=O) groups is 3. The number of amides is 3. The van der Waals surface area contributed by atoms with E-state index in [4.69, 9.17) is 5.84 Å². The number of phenolic OH excluding ortho intramolecular Hbond substituents is 1. The third-order valence-electron chi connectivity index (χ3n) is 8.24. The Kier molecular flexibility index (Phi) is 11.4. The number of hydrazine groups is 1. The molecule has 1 atom stereocenters. The van der Waals surface area contributed by atoms with Crippen LogP contribution < -0.4 is 10.7 Å². The molecule has 2 aliphatic rings. The second-order valence-electron chi connectivity index (χ2n) is 11.4. The molecule has 1 aromatic carbocycles. The fourth-order valence-corrected chi connectivity index (χ4v) is 5.53. The summed E-state index contributed by atoms with van der Waals surface area (Å²) in [6, 6.07) is 8.29. The summed E-state index contributed by atoms with van der Waals surface area (Å²) >= 11 is 0. The molecule has 0 unspecified atom stereocenters. The first-order valence-corrected chi connectivity index (χ1v) is 14.9. The Morgan fingerprint density at radius 3 is 2.45 bits per heavy atom. The fraction of sp³-hybridized carbons (Fsp3) is 0.484. The van der Waals surface area contributed by atoms with Gasteiger partial charge in [-0.05, 0) is 43.8 Å². The molecule has 3 heterocycles. The molecule has 4 rings (SSSR count). The second kappa shape index (κ2) is 15.2. The number of halogens is 1. The predicted molar refractivity (Wildman–Crippen MR) is 165 cm³/mol. The monoisotopic (exact) mass is 610 g/mol. The van der Waals surface area contributed by atoms with Gasteiger partial charge in [0.05, 0.1) is 18.8 Å². The van der Waals surface area contributed by atoms with E-state index in [1.54, 1.807) is 25.1 Å². The molecule has 0 spiro atoms. The van der Waals surface area contributed by atoms with Gasteiger partial charge in [-0.1, -0.05) is 18.2 Å². The minimum Gasteiger partial charge on any atom is -0.508 e. The maximum atomic E-state index is 14.9. The van der Waals surface area contributed by atoms with Gasteiger partial charge in [-0.15, -0.1) is 6.58 Å². The Bertz CT molecular complexity index is 1300. The number of hydrogen-bond acceptors (Lipinski definition) is 10. The molecular formula is C31H43FN8O4. The van der Waals surface area contributed by atoms with Gasteiger partial charge in [-0.25, -0.2) is 14.4 Å². The number of rotatable bonds is 14. The van der Waals surface area contributed by atoms with Crippen molar-refractivity contribution in [2.75, 3.05) is 70.9 Å². The molecule has 238 valence electrons. The Morgan fingerprint density at radius 1 is 1.16 bits per heavy atom. The van der Waals surface area contributed by atoms with Crippen molar-refractivity contribution in [3.8, 4) is 5.75 Å². The first-order valence-electron chi connectivity index (χ1n) is 14.9. The first kappa shape index (κ1) is 33.0. The lowest BCUT2D eigenvalue weighted by Gasteiger charge is -2.48. The highest BCUT2D eigenvalue weighted by Crippen LogP contribution is 2.26. The molecule has 13 heteroatoms. The molecule has 2 saturated heterocycles. The zero-order valence-corrected chi connectivity index (χ0v) is 25.5. The SMILES string of the molecule is C=CCN(N)CC(=O)N(C=O)[C@@H](Cc1ccc(O)cc1)C(=O)N(CC)Cc1ccc(F)c(N2CC(N3CCN(C)CC3)C2)n1. The van der Waals surface area contributed by atoms with E-state index < -0.39 is 23.7 Å². The third kappa shape index (κ3) is 8.17. The van der Waals surface area contributed by atoms with E-state index in [0.29, 0.717) is 36.8 Å². The highest BCUT2D eigenvalue weighted by atomic mass is 19.1. The number of imide groups is 1. The number of carbonyl (C=O) groups excluding carboxylic acids is 3. The number of nitrogens with zero attached hydrogens (tertiary/aromatic N) is 7. The van der Waals surface area contributed by atoms with Gasteiger partial charge in [0.15, 0.2) is 11.6 Å². The molecule has 0 radical (unpaired) electrons. The molecule has 0 bridgehead atoms. The van der Waals surface area contributed by atoms with Crippen molar-refractivity contribution in [1.82, 2.24) is 29.6 Å². The quantitative estimate of drug-likeness (QED) is 0.136. The summed E-state index contributed by atoms with van der Waals surface area (Å²) in [4.78, 5) is 53.0. The van der Waals surface area contributed by atoms with Crippen LogP contribution >= 0.6 is 0 Å². The minimum absolute atomic E-state index is 0.0235. The van der Waals surface area contributed by atoms with Crippen molar-refractivity contribution in [2.24, 2.45) is 5.84 Å². The van der Waals surface area contributed by atoms with E-state index in [1.165, 1.54) is 34.2 Å². The molecule has 2 aromatic rings. The zero-order valence-electron chi connectivity index (χ0n) is 25.5. The van der Waals surface area contributed by atoms with Gasteiger partial charge in [0.2, 0.25) is 18.2 Å². The van der Waals surface area contributed by atoms with E-state index >= 15 is 0 Å². The summed E-state index contributed by atoms with van der Waals surface area (Å²) in [5.74, 6) is 4.63.